The fourth-order valence-corrected chi connectivity index (χ4v) is 9.79. The van der Waals surface area contributed by atoms with Gasteiger partial charge in [0.25, 0.3) is 0 Å². The third kappa shape index (κ3) is 9.73. The van der Waals surface area contributed by atoms with Gasteiger partial charge in [-0.25, -0.2) is 19.9 Å². The van der Waals surface area contributed by atoms with Gasteiger partial charge in [0, 0.05) is 27.8 Å². The minimum atomic E-state index is 0.607. The van der Waals surface area contributed by atoms with Crippen LogP contribution in [0.1, 0.15) is 11.1 Å². The molecule has 0 radical (unpaired) electrons. The Bertz CT molecular complexity index is 3920. The Labute approximate surface area is 433 Å². The zero-order chi connectivity index (χ0) is 49.8. The zero-order valence-electron chi connectivity index (χ0n) is 41.2. The maximum absolute atomic E-state index is 5.22. The molecule has 12 rings (SSSR count). The molecule has 10 aromatic carbocycles. The summed E-state index contributed by atoms with van der Waals surface area (Å²) in [5.74, 6) is 1.84. The molecule has 0 saturated heterocycles. The lowest BCUT2D eigenvalue weighted by Crippen LogP contribution is -2.00. The molecule has 0 unspecified atom stereocenters. The van der Waals surface area contributed by atoms with Gasteiger partial charge in [0.2, 0.25) is 0 Å². The predicted octanol–water partition coefficient (Wildman–Crippen LogP) is 18.2. The molecule has 0 spiro atoms. The van der Waals surface area contributed by atoms with Crippen molar-refractivity contribution in [3.63, 3.8) is 0 Å². The minimum Gasteiger partial charge on any atom is -0.248 e. The van der Waals surface area contributed by atoms with E-state index in [1.165, 1.54) is 27.8 Å². The Morgan fingerprint density at radius 1 is 0.203 bits per heavy atom. The standard InChI is InChI=1S/C70H50N4/c1-47-36-37-48(2)65(38-47)60-32-14-28-56(41-60)52-24-12-26-54(39-52)58-30-16-34-62(43-58)69-72-68(51-22-10-5-11-23-51)73-70(74-69)63-35-17-31-59(44-63)55-27-13-25-53(40-55)57-29-15-33-61(42-57)67-46-64(49-18-6-3-7-19-49)45-66(71-67)50-20-8-4-9-21-50/h3-46H,1-2H3. The van der Waals surface area contributed by atoms with Crippen LogP contribution in [0.3, 0.4) is 0 Å². The maximum atomic E-state index is 5.22. The SMILES string of the molecule is Cc1ccc(C)c(-c2cccc(-c3cccc(-c4cccc(-c5nc(-c6ccccc6)nc(-c6cccc(-c7cccc(-c8cccc(-c9cc(-c%10ccccc%10)cc(-c%10ccccc%10)n9)c8)c7)c6)n5)c4)c3)c2)c1. The lowest BCUT2D eigenvalue weighted by molar-refractivity contribution is 1.07. The van der Waals surface area contributed by atoms with Crippen LogP contribution in [0.25, 0.3) is 123 Å². The highest BCUT2D eigenvalue weighted by Gasteiger charge is 2.16. The Kier molecular flexibility index (Phi) is 12.4. The highest BCUT2D eigenvalue weighted by Crippen LogP contribution is 2.36. The number of rotatable bonds is 11. The molecular formula is C70H50N4. The van der Waals surface area contributed by atoms with Gasteiger partial charge in [-0.3, -0.25) is 0 Å². The second kappa shape index (κ2) is 20.2. The molecule has 0 bridgehead atoms. The van der Waals surface area contributed by atoms with Gasteiger partial charge in [-0.2, -0.15) is 0 Å². The van der Waals surface area contributed by atoms with Crippen LogP contribution < -0.4 is 0 Å². The first-order chi connectivity index (χ1) is 36.4. The number of hydrogen-bond acceptors (Lipinski definition) is 4. The van der Waals surface area contributed by atoms with Crippen molar-refractivity contribution in [1.29, 1.82) is 0 Å². The van der Waals surface area contributed by atoms with Crippen molar-refractivity contribution in [1.82, 2.24) is 19.9 Å². The summed E-state index contributed by atoms with van der Waals surface area (Å²) < 4.78 is 0. The van der Waals surface area contributed by atoms with Crippen LogP contribution in [0.2, 0.25) is 0 Å². The Hall–Kier alpha value is -9.64. The molecule has 0 fully saturated rings. The fourth-order valence-electron chi connectivity index (χ4n) is 9.79. The maximum Gasteiger partial charge on any atom is 0.164 e. The van der Waals surface area contributed by atoms with E-state index in [0.717, 1.165) is 89.3 Å². The van der Waals surface area contributed by atoms with Gasteiger partial charge in [0.1, 0.15) is 0 Å². The van der Waals surface area contributed by atoms with Crippen LogP contribution in [0, 0.1) is 13.8 Å². The van der Waals surface area contributed by atoms with E-state index in [4.69, 9.17) is 19.9 Å². The number of aryl methyl sites for hydroxylation is 2. The highest BCUT2D eigenvalue weighted by atomic mass is 15.0. The largest absolute Gasteiger partial charge is 0.248 e. The lowest BCUT2D eigenvalue weighted by atomic mass is 9.94. The number of aromatic nitrogens is 4. The molecule has 74 heavy (non-hydrogen) atoms. The van der Waals surface area contributed by atoms with E-state index < -0.39 is 0 Å². The summed E-state index contributed by atoms with van der Waals surface area (Å²) >= 11 is 0. The molecule has 0 aliphatic carbocycles. The molecule has 2 heterocycles. The summed E-state index contributed by atoms with van der Waals surface area (Å²) in [6.45, 7) is 4.33. The average molecular weight is 947 g/mol. The van der Waals surface area contributed by atoms with E-state index in [2.05, 4.69) is 257 Å². The molecule has 0 aliphatic rings. The van der Waals surface area contributed by atoms with E-state index in [-0.39, 0.29) is 0 Å². The van der Waals surface area contributed by atoms with Gasteiger partial charge >= 0.3 is 0 Å². The molecule has 2 aromatic heterocycles. The van der Waals surface area contributed by atoms with E-state index >= 15 is 0 Å². The smallest absolute Gasteiger partial charge is 0.164 e. The van der Waals surface area contributed by atoms with Gasteiger partial charge in [-0.05, 0) is 135 Å². The summed E-state index contributed by atoms with van der Waals surface area (Å²) in [5, 5.41) is 0. The van der Waals surface area contributed by atoms with Crippen LogP contribution >= 0.6 is 0 Å². The molecule has 0 amide bonds. The molecule has 0 N–H and O–H groups in total. The second-order valence-electron chi connectivity index (χ2n) is 18.8. The minimum absolute atomic E-state index is 0.607. The molecule has 12 aromatic rings. The van der Waals surface area contributed by atoms with Gasteiger partial charge in [-0.1, -0.05) is 224 Å². The molecule has 4 heteroatoms. The van der Waals surface area contributed by atoms with Gasteiger partial charge in [0.05, 0.1) is 11.4 Å². The quantitative estimate of drug-likeness (QED) is 0.130. The molecular weight excluding hydrogens is 897 g/mol. The van der Waals surface area contributed by atoms with E-state index in [1.807, 2.05) is 24.3 Å². The van der Waals surface area contributed by atoms with E-state index in [0.29, 0.717) is 17.5 Å². The van der Waals surface area contributed by atoms with E-state index in [1.54, 1.807) is 0 Å². The normalized spacial score (nSPS) is 11.1. The summed E-state index contributed by atoms with van der Waals surface area (Å²) in [7, 11) is 0. The van der Waals surface area contributed by atoms with Crippen molar-refractivity contribution < 1.29 is 0 Å². The van der Waals surface area contributed by atoms with Crippen LogP contribution in [-0.2, 0) is 0 Å². The molecule has 0 atom stereocenters. The fraction of sp³-hybridized carbons (Fsp3) is 0.0286. The van der Waals surface area contributed by atoms with Gasteiger partial charge in [-0.15, -0.1) is 0 Å². The summed E-state index contributed by atoms with van der Waals surface area (Å²) in [5.41, 5.74) is 23.0. The topological polar surface area (TPSA) is 51.6 Å². The first-order valence-electron chi connectivity index (χ1n) is 25.1. The third-order valence-electron chi connectivity index (χ3n) is 13.7. The Balaban J connectivity index is 0.869. The predicted molar refractivity (Wildman–Crippen MR) is 307 cm³/mol. The molecule has 0 saturated carbocycles. The number of pyridine rings is 1. The van der Waals surface area contributed by atoms with E-state index in [9.17, 15) is 0 Å². The third-order valence-corrected chi connectivity index (χ3v) is 13.7. The van der Waals surface area contributed by atoms with Crippen molar-refractivity contribution >= 4 is 0 Å². The van der Waals surface area contributed by atoms with Crippen molar-refractivity contribution in [2.24, 2.45) is 0 Å². The first-order valence-corrected chi connectivity index (χ1v) is 25.1. The zero-order valence-corrected chi connectivity index (χ0v) is 41.2. The van der Waals surface area contributed by atoms with Crippen molar-refractivity contribution in [3.8, 4) is 123 Å². The summed E-state index contributed by atoms with van der Waals surface area (Å²) in [6.07, 6.45) is 0. The monoisotopic (exact) mass is 946 g/mol. The number of hydrogen-bond donors (Lipinski definition) is 0. The van der Waals surface area contributed by atoms with Crippen LogP contribution in [0.15, 0.2) is 267 Å². The van der Waals surface area contributed by atoms with Gasteiger partial charge < -0.3 is 0 Å². The number of benzene rings is 10. The van der Waals surface area contributed by atoms with Crippen molar-refractivity contribution in [2.75, 3.05) is 0 Å². The van der Waals surface area contributed by atoms with Crippen molar-refractivity contribution in [3.05, 3.63) is 278 Å². The first kappa shape index (κ1) is 45.5. The second-order valence-corrected chi connectivity index (χ2v) is 18.8. The Morgan fingerprint density at radius 3 is 1.00 bits per heavy atom. The van der Waals surface area contributed by atoms with Crippen molar-refractivity contribution in [2.45, 2.75) is 13.8 Å². The lowest BCUT2D eigenvalue weighted by Gasteiger charge is -2.12. The van der Waals surface area contributed by atoms with Crippen LogP contribution in [0.5, 0.6) is 0 Å². The van der Waals surface area contributed by atoms with Crippen LogP contribution in [-0.4, -0.2) is 19.9 Å². The van der Waals surface area contributed by atoms with Crippen LogP contribution in [0.4, 0.5) is 0 Å². The summed E-state index contributed by atoms with van der Waals surface area (Å²) in [4.78, 5) is 20.7. The highest BCUT2D eigenvalue weighted by molar-refractivity contribution is 5.83. The molecule has 0 aliphatic heterocycles. The molecule has 350 valence electrons. The number of nitrogens with zero attached hydrogens (tertiary/aromatic N) is 4. The Morgan fingerprint density at radius 2 is 0.527 bits per heavy atom. The summed E-state index contributed by atoms with van der Waals surface area (Å²) in [6, 6.07) is 94.2. The average Bonchev–Trinajstić information content (AvgIpc) is 3.48. The van der Waals surface area contributed by atoms with Gasteiger partial charge in [0.15, 0.2) is 17.5 Å². The molecule has 4 nitrogen and oxygen atoms in total.